The van der Waals surface area contributed by atoms with E-state index in [0.29, 0.717) is 31.9 Å². The van der Waals surface area contributed by atoms with Crippen LogP contribution in [0.5, 0.6) is 0 Å². The van der Waals surface area contributed by atoms with Gasteiger partial charge in [-0.15, -0.1) is 0 Å². The molecule has 15 heteroatoms. The van der Waals surface area contributed by atoms with Gasteiger partial charge in [0.15, 0.2) is 0 Å². The van der Waals surface area contributed by atoms with E-state index in [1.54, 1.807) is 7.05 Å². The molecule has 0 bridgehead atoms. The number of amides is 2. The van der Waals surface area contributed by atoms with Crippen molar-refractivity contribution in [3.63, 3.8) is 0 Å². The molecule has 3 aromatic heterocycles. The number of hydrogen-bond donors (Lipinski definition) is 5. The number of methoxy groups -OCH3 is 2. The SMILES string of the molecule is CCC.CNCC(=O)NCCCCc1ncc(-c2ccc(C#Cc3ccc4c(c3)CCCc3[nH]c(C5CCCN5C)nc3-4)nc2)[nH]1.COC(=O)NC(C=O)C(C)C.COC=O. The maximum atomic E-state index is 11.5. The van der Waals surface area contributed by atoms with Gasteiger partial charge >= 0.3 is 6.09 Å². The number of aldehydes is 1. The van der Waals surface area contributed by atoms with E-state index in [4.69, 9.17) is 9.78 Å². The molecule has 2 atom stereocenters. The summed E-state index contributed by atoms with van der Waals surface area (Å²) in [4.78, 5) is 65.1. The fourth-order valence-corrected chi connectivity index (χ4v) is 6.63. The summed E-state index contributed by atoms with van der Waals surface area (Å²) in [5.41, 5.74) is 8.60. The second-order valence-electron chi connectivity index (χ2n) is 15.2. The Bertz CT molecular complexity index is 2010. The molecule has 61 heavy (non-hydrogen) atoms. The van der Waals surface area contributed by atoms with Crippen molar-refractivity contribution in [2.24, 2.45) is 5.92 Å². The number of carbonyl (C=O) groups excluding carboxylic acids is 4. The number of ether oxygens (including phenoxy) is 2. The predicted molar refractivity (Wildman–Crippen MR) is 238 cm³/mol. The molecule has 5 N–H and O–H groups in total. The van der Waals surface area contributed by atoms with E-state index >= 15 is 0 Å². The fraction of sp³-hybridized carbons (Fsp3) is 0.500. The highest BCUT2D eigenvalue weighted by molar-refractivity contribution is 5.77. The highest BCUT2D eigenvalue weighted by atomic mass is 16.5. The number of alkyl carbamates (subject to hydrolysis) is 1. The summed E-state index contributed by atoms with van der Waals surface area (Å²) in [5, 5.41) is 8.14. The summed E-state index contributed by atoms with van der Waals surface area (Å²) in [5.74, 6) is 8.73. The highest BCUT2D eigenvalue weighted by Crippen LogP contribution is 2.35. The molecule has 6 rings (SSSR count). The number of benzene rings is 1. The van der Waals surface area contributed by atoms with Crippen LogP contribution in [0.1, 0.15) is 106 Å². The minimum Gasteiger partial charge on any atom is -0.471 e. The zero-order valence-electron chi connectivity index (χ0n) is 37.2. The molecule has 4 heterocycles. The van der Waals surface area contributed by atoms with Crippen molar-refractivity contribution in [2.45, 2.75) is 97.6 Å². The van der Waals surface area contributed by atoms with Crippen LogP contribution < -0.4 is 16.0 Å². The van der Waals surface area contributed by atoms with Crippen LogP contribution in [0.25, 0.3) is 22.5 Å². The highest BCUT2D eigenvalue weighted by Gasteiger charge is 2.28. The number of unbranched alkanes of at least 4 members (excludes halogenated alkanes) is 1. The number of likely N-dealkylation sites (tertiary alicyclic amines) is 1. The van der Waals surface area contributed by atoms with Gasteiger partial charge in [0.1, 0.15) is 23.6 Å². The summed E-state index contributed by atoms with van der Waals surface area (Å²) in [7, 11) is 6.54. The number of hydrogen-bond acceptors (Lipinski definition) is 11. The third kappa shape index (κ3) is 16.3. The summed E-state index contributed by atoms with van der Waals surface area (Å²) < 4.78 is 8.18. The first kappa shape index (κ1) is 49.5. The minimum atomic E-state index is -0.573. The molecule has 0 radical (unpaired) electrons. The zero-order chi connectivity index (χ0) is 44.6. The normalized spacial score (nSPS) is 14.3. The van der Waals surface area contributed by atoms with E-state index in [2.05, 4.69) is 101 Å². The van der Waals surface area contributed by atoms with E-state index in [-0.39, 0.29) is 11.8 Å². The number of H-pyrrole nitrogens is 2. The monoisotopic (exact) mass is 840 g/mol. The van der Waals surface area contributed by atoms with E-state index in [0.717, 1.165) is 84.9 Å². The molecular formula is C46H65N9O6. The molecule has 1 aromatic carbocycles. The largest absolute Gasteiger partial charge is 0.471 e. The first-order chi connectivity index (χ1) is 29.5. The average molecular weight is 840 g/mol. The summed E-state index contributed by atoms with van der Waals surface area (Å²) in [6, 6.07) is 10.5. The minimum absolute atomic E-state index is 0.0240. The molecule has 1 fully saturated rings. The summed E-state index contributed by atoms with van der Waals surface area (Å²) in [6.07, 6.45) is 13.3. The van der Waals surface area contributed by atoms with Gasteiger partial charge in [0.2, 0.25) is 5.91 Å². The van der Waals surface area contributed by atoms with Crippen molar-refractivity contribution >= 4 is 24.8 Å². The lowest BCUT2D eigenvalue weighted by molar-refractivity contribution is -0.126. The molecule has 2 amide bonds. The number of nitrogens with one attached hydrogen (secondary N) is 5. The maximum absolute atomic E-state index is 11.5. The van der Waals surface area contributed by atoms with Crippen LogP contribution in [0.4, 0.5) is 4.79 Å². The average Bonchev–Trinajstić information content (AvgIpc) is 4.00. The van der Waals surface area contributed by atoms with Gasteiger partial charge in [-0.1, -0.05) is 46.1 Å². The fourth-order valence-electron chi connectivity index (χ4n) is 6.63. The van der Waals surface area contributed by atoms with Crippen molar-refractivity contribution in [1.29, 1.82) is 0 Å². The zero-order valence-corrected chi connectivity index (χ0v) is 37.2. The van der Waals surface area contributed by atoms with Gasteiger partial charge in [0.05, 0.1) is 50.4 Å². The Morgan fingerprint density at radius 3 is 2.41 bits per heavy atom. The van der Waals surface area contributed by atoms with Crippen molar-refractivity contribution in [3.05, 3.63) is 76.9 Å². The van der Waals surface area contributed by atoms with E-state index in [1.807, 2.05) is 38.4 Å². The van der Waals surface area contributed by atoms with Crippen LogP contribution in [0, 0.1) is 17.8 Å². The second kappa shape index (κ2) is 27.1. The van der Waals surface area contributed by atoms with Crippen LogP contribution in [0.2, 0.25) is 0 Å². The standard InChI is InChI=1S/C34H40N8O.C7H13NO3.C3H8.C2H4O2/c1-35-22-32(43)36-17-4-3-10-31-38-21-29(39-31)25-13-15-26(37-20-25)14-11-23-12-16-27-24(19-23)7-5-8-28-33(27)41-34(40-28)30-9-6-18-42(30)2;1-5(2)6(4-9)8-7(10)11-3;1-3-2;1-4-2-3/h12-13,15-16,19-21,30,35H,3-10,17-18,22H2,1-2H3,(H,36,43)(H,38,39)(H,40,41);4-6H,1-3H3,(H,8,10);3H2,1-2H3;2H,1H3. The Morgan fingerprint density at radius 1 is 1.02 bits per heavy atom. The van der Waals surface area contributed by atoms with Crippen molar-refractivity contribution in [1.82, 2.24) is 45.8 Å². The van der Waals surface area contributed by atoms with Gasteiger partial charge in [-0.05, 0) is 107 Å². The summed E-state index contributed by atoms with van der Waals surface area (Å²) in [6.45, 7) is 10.5. The van der Waals surface area contributed by atoms with Crippen LogP contribution in [-0.4, -0.2) is 109 Å². The number of pyridine rings is 1. The molecule has 15 nitrogen and oxygen atoms in total. The van der Waals surface area contributed by atoms with Crippen molar-refractivity contribution < 1.29 is 28.7 Å². The van der Waals surface area contributed by atoms with E-state index < -0.39 is 12.1 Å². The molecule has 2 unspecified atom stereocenters. The third-order valence-corrected chi connectivity index (χ3v) is 9.84. The Morgan fingerprint density at radius 2 is 1.79 bits per heavy atom. The van der Waals surface area contributed by atoms with Crippen LogP contribution in [0.15, 0.2) is 42.7 Å². The number of rotatable bonds is 13. The first-order valence-corrected chi connectivity index (χ1v) is 21.1. The Balaban J connectivity index is 0.000000465. The Kier molecular flexibility index (Phi) is 22.0. The van der Waals surface area contributed by atoms with Crippen LogP contribution in [0.3, 0.4) is 0 Å². The third-order valence-electron chi connectivity index (χ3n) is 9.84. The molecule has 0 spiro atoms. The smallest absolute Gasteiger partial charge is 0.407 e. The predicted octanol–water partition coefficient (Wildman–Crippen LogP) is 5.95. The molecule has 1 saturated heterocycles. The number of imidazole rings is 2. The number of aryl methyl sites for hydroxylation is 3. The second-order valence-corrected chi connectivity index (χ2v) is 15.2. The van der Waals surface area contributed by atoms with Crippen molar-refractivity contribution in [2.75, 3.05) is 47.9 Å². The number of aromatic nitrogens is 5. The molecule has 0 saturated carbocycles. The van der Waals surface area contributed by atoms with Gasteiger partial charge in [-0.3, -0.25) is 14.5 Å². The lowest BCUT2D eigenvalue weighted by Gasteiger charge is -2.16. The summed E-state index contributed by atoms with van der Waals surface area (Å²) >= 11 is 0. The number of aromatic amines is 2. The number of carbonyl (C=O) groups is 4. The van der Waals surface area contributed by atoms with Gasteiger partial charge in [0.25, 0.3) is 6.47 Å². The van der Waals surface area contributed by atoms with Gasteiger partial charge < -0.3 is 40.2 Å². The van der Waals surface area contributed by atoms with Crippen LogP contribution in [-0.2, 0) is 43.1 Å². The Labute approximate surface area is 361 Å². The number of fused-ring (bicyclic) bond motifs is 3. The first-order valence-electron chi connectivity index (χ1n) is 21.1. The van der Waals surface area contributed by atoms with Gasteiger partial charge in [0, 0.05) is 41.5 Å². The molecule has 4 aromatic rings. The van der Waals surface area contributed by atoms with E-state index in [9.17, 15) is 14.4 Å². The molecule has 2 aliphatic rings. The molecular weight excluding hydrogens is 775 g/mol. The molecule has 1 aliphatic carbocycles. The van der Waals surface area contributed by atoms with Gasteiger partial charge in [-0.25, -0.2) is 19.7 Å². The number of nitrogens with zero attached hydrogens (tertiary/aromatic N) is 4. The van der Waals surface area contributed by atoms with Crippen molar-refractivity contribution in [3.8, 4) is 34.4 Å². The van der Waals surface area contributed by atoms with Crippen LogP contribution >= 0.6 is 0 Å². The lowest BCUT2D eigenvalue weighted by atomic mass is 10.00. The quantitative estimate of drug-likeness (QED) is 0.0607. The lowest BCUT2D eigenvalue weighted by Crippen LogP contribution is -2.39. The topological polar surface area (TPSA) is 196 Å². The molecule has 330 valence electrons. The van der Waals surface area contributed by atoms with Gasteiger partial charge in [-0.2, -0.15) is 0 Å². The number of likely N-dealkylation sites (N-methyl/N-ethyl adjacent to an activating group) is 1. The maximum Gasteiger partial charge on any atom is 0.407 e. The molecule has 1 aliphatic heterocycles. The Hall–Kier alpha value is -5.85. The van der Waals surface area contributed by atoms with E-state index in [1.165, 1.54) is 50.3 Å².